The fourth-order valence-electron chi connectivity index (χ4n) is 2.39. The molecular formula is C12H21NO3S. The molecule has 1 aliphatic heterocycles. The van der Waals surface area contributed by atoms with Crippen molar-refractivity contribution >= 4 is 17.7 Å². The van der Waals surface area contributed by atoms with Crippen LogP contribution in [0.25, 0.3) is 0 Å². The molecule has 2 aliphatic rings. The molecule has 1 N–H and O–H groups in total. The lowest BCUT2D eigenvalue weighted by atomic mass is 9.95. The highest BCUT2D eigenvalue weighted by Gasteiger charge is 2.28. The van der Waals surface area contributed by atoms with Crippen LogP contribution in [0.15, 0.2) is 0 Å². The van der Waals surface area contributed by atoms with E-state index in [1.807, 2.05) is 11.8 Å². The Hall–Kier alpha value is -0.260. The lowest BCUT2D eigenvalue weighted by Crippen LogP contribution is -2.46. The van der Waals surface area contributed by atoms with Gasteiger partial charge in [0.05, 0.1) is 6.10 Å². The Morgan fingerprint density at radius 1 is 1.35 bits per heavy atom. The van der Waals surface area contributed by atoms with Crippen molar-refractivity contribution in [3.63, 3.8) is 0 Å². The van der Waals surface area contributed by atoms with Crippen LogP contribution in [-0.2, 0) is 14.3 Å². The number of carbonyl (C=O) groups excluding carboxylic acids is 1. The van der Waals surface area contributed by atoms with E-state index in [0.717, 1.165) is 43.7 Å². The molecule has 0 aromatic carbocycles. The highest BCUT2D eigenvalue weighted by atomic mass is 32.2. The van der Waals surface area contributed by atoms with E-state index in [0.29, 0.717) is 0 Å². The largest absolute Gasteiger partial charge is 0.461 e. The van der Waals surface area contributed by atoms with Gasteiger partial charge in [-0.25, -0.2) is 0 Å². The van der Waals surface area contributed by atoms with E-state index >= 15 is 0 Å². The van der Waals surface area contributed by atoms with E-state index in [-0.39, 0.29) is 24.2 Å². The number of hydrogen-bond acceptors (Lipinski definition) is 5. The first-order chi connectivity index (χ1) is 8.29. The Kier molecular flexibility index (Phi) is 5.13. The number of methoxy groups -OCH3 is 1. The van der Waals surface area contributed by atoms with Gasteiger partial charge in [-0.2, -0.15) is 11.8 Å². The molecule has 1 saturated heterocycles. The molecule has 1 saturated carbocycles. The van der Waals surface area contributed by atoms with Gasteiger partial charge < -0.3 is 14.8 Å². The summed E-state index contributed by atoms with van der Waals surface area (Å²) in [5, 5.41) is 3.21. The van der Waals surface area contributed by atoms with Gasteiger partial charge in [0.2, 0.25) is 0 Å². The Balaban J connectivity index is 1.77. The van der Waals surface area contributed by atoms with Gasteiger partial charge in [0.1, 0.15) is 12.1 Å². The predicted octanol–water partition coefficient (Wildman–Crippen LogP) is 1.19. The fraction of sp³-hybridized carbons (Fsp3) is 0.917. The smallest absolute Gasteiger partial charge is 0.324 e. The molecule has 0 aromatic rings. The summed E-state index contributed by atoms with van der Waals surface area (Å²) in [7, 11) is 1.73. The van der Waals surface area contributed by atoms with E-state index in [1.54, 1.807) is 7.11 Å². The van der Waals surface area contributed by atoms with E-state index in [1.165, 1.54) is 0 Å². The molecule has 0 spiro atoms. The average Bonchev–Trinajstić information content (AvgIpc) is 2.40. The molecule has 2 fully saturated rings. The van der Waals surface area contributed by atoms with Crippen LogP contribution in [-0.4, -0.2) is 49.4 Å². The van der Waals surface area contributed by atoms with Gasteiger partial charge in [0.15, 0.2) is 0 Å². The van der Waals surface area contributed by atoms with Crippen molar-refractivity contribution in [2.75, 3.05) is 25.2 Å². The Morgan fingerprint density at radius 2 is 2.18 bits per heavy atom. The van der Waals surface area contributed by atoms with Crippen molar-refractivity contribution in [1.29, 1.82) is 0 Å². The number of ether oxygens (including phenoxy) is 2. The molecule has 3 unspecified atom stereocenters. The van der Waals surface area contributed by atoms with Gasteiger partial charge >= 0.3 is 5.97 Å². The zero-order valence-corrected chi connectivity index (χ0v) is 11.1. The number of hydrogen-bond donors (Lipinski definition) is 1. The summed E-state index contributed by atoms with van der Waals surface area (Å²) in [4.78, 5) is 11.9. The number of rotatable bonds is 3. The van der Waals surface area contributed by atoms with E-state index in [4.69, 9.17) is 9.47 Å². The van der Waals surface area contributed by atoms with Crippen LogP contribution >= 0.6 is 11.8 Å². The molecule has 1 aliphatic carbocycles. The monoisotopic (exact) mass is 259 g/mol. The maximum Gasteiger partial charge on any atom is 0.324 e. The quantitative estimate of drug-likeness (QED) is 0.772. The second kappa shape index (κ2) is 6.61. The summed E-state index contributed by atoms with van der Waals surface area (Å²) in [5.41, 5.74) is 0. The van der Waals surface area contributed by atoms with Crippen LogP contribution in [0, 0.1) is 0 Å². The molecular weight excluding hydrogens is 238 g/mol. The molecule has 0 bridgehead atoms. The fourth-order valence-corrected chi connectivity index (χ4v) is 3.30. The van der Waals surface area contributed by atoms with E-state index in [9.17, 15) is 4.79 Å². The highest BCUT2D eigenvalue weighted by molar-refractivity contribution is 7.99. The SMILES string of the molecule is COC1CCCC(OC(=O)C2CSCCN2)C1. The minimum Gasteiger partial charge on any atom is -0.461 e. The van der Waals surface area contributed by atoms with Crippen LogP contribution in [0.4, 0.5) is 0 Å². The predicted molar refractivity (Wildman–Crippen MR) is 68.3 cm³/mol. The summed E-state index contributed by atoms with van der Waals surface area (Å²) < 4.78 is 10.9. The summed E-state index contributed by atoms with van der Waals surface area (Å²) in [6.45, 7) is 0.899. The van der Waals surface area contributed by atoms with Gasteiger partial charge in [-0.3, -0.25) is 4.79 Å². The third-order valence-corrected chi connectivity index (χ3v) is 4.46. The normalized spacial score (nSPS) is 34.3. The van der Waals surface area contributed by atoms with Crippen molar-refractivity contribution in [2.24, 2.45) is 0 Å². The second-order valence-electron chi connectivity index (χ2n) is 4.66. The zero-order valence-electron chi connectivity index (χ0n) is 10.3. The highest BCUT2D eigenvalue weighted by Crippen LogP contribution is 2.23. The first kappa shape index (κ1) is 13.2. The summed E-state index contributed by atoms with van der Waals surface area (Å²) in [5.74, 6) is 1.83. The molecule has 2 rings (SSSR count). The van der Waals surface area contributed by atoms with Gasteiger partial charge in [-0.15, -0.1) is 0 Å². The maximum atomic E-state index is 11.9. The Labute approximate surface area is 107 Å². The molecule has 4 nitrogen and oxygen atoms in total. The molecule has 1 heterocycles. The molecule has 17 heavy (non-hydrogen) atoms. The van der Waals surface area contributed by atoms with Gasteiger partial charge in [-0.05, 0) is 19.3 Å². The van der Waals surface area contributed by atoms with Crippen molar-refractivity contribution < 1.29 is 14.3 Å². The van der Waals surface area contributed by atoms with Crippen molar-refractivity contribution in [2.45, 2.75) is 43.9 Å². The lowest BCUT2D eigenvalue weighted by molar-refractivity contribution is -0.154. The summed E-state index contributed by atoms with van der Waals surface area (Å²) >= 11 is 1.81. The van der Waals surface area contributed by atoms with Gasteiger partial charge in [0, 0.05) is 31.6 Å². The Morgan fingerprint density at radius 3 is 2.88 bits per heavy atom. The average molecular weight is 259 g/mol. The lowest BCUT2D eigenvalue weighted by Gasteiger charge is -2.30. The minimum atomic E-state index is -0.114. The van der Waals surface area contributed by atoms with Crippen LogP contribution in [0.5, 0.6) is 0 Å². The number of carbonyl (C=O) groups is 1. The van der Waals surface area contributed by atoms with Gasteiger partial charge in [0.25, 0.3) is 0 Å². The van der Waals surface area contributed by atoms with Gasteiger partial charge in [-0.1, -0.05) is 0 Å². The van der Waals surface area contributed by atoms with Crippen LogP contribution < -0.4 is 5.32 Å². The second-order valence-corrected chi connectivity index (χ2v) is 5.81. The van der Waals surface area contributed by atoms with Crippen molar-refractivity contribution in [3.8, 4) is 0 Å². The first-order valence-corrected chi connectivity index (χ1v) is 7.49. The maximum absolute atomic E-state index is 11.9. The van der Waals surface area contributed by atoms with Crippen LogP contribution in [0.2, 0.25) is 0 Å². The van der Waals surface area contributed by atoms with Crippen molar-refractivity contribution in [3.05, 3.63) is 0 Å². The third kappa shape index (κ3) is 3.86. The minimum absolute atomic E-state index is 0.0509. The standard InChI is InChI=1S/C12H21NO3S/c1-15-9-3-2-4-10(7-9)16-12(14)11-8-17-6-5-13-11/h9-11,13H,2-8H2,1H3. The zero-order chi connectivity index (χ0) is 12.1. The third-order valence-electron chi connectivity index (χ3n) is 3.40. The van der Waals surface area contributed by atoms with E-state index in [2.05, 4.69) is 5.32 Å². The molecule has 0 aromatic heterocycles. The number of thioether (sulfide) groups is 1. The topological polar surface area (TPSA) is 47.6 Å². The number of esters is 1. The molecule has 3 atom stereocenters. The van der Waals surface area contributed by atoms with E-state index < -0.39 is 0 Å². The molecule has 0 radical (unpaired) electrons. The molecule has 0 amide bonds. The van der Waals surface area contributed by atoms with Crippen molar-refractivity contribution in [1.82, 2.24) is 5.32 Å². The summed E-state index contributed by atoms with van der Waals surface area (Å²) in [6.07, 6.45) is 4.31. The molecule has 98 valence electrons. The summed E-state index contributed by atoms with van der Waals surface area (Å²) in [6, 6.07) is -0.114. The van der Waals surface area contributed by atoms with Crippen LogP contribution in [0.3, 0.4) is 0 Å². The van der Waals surface area contributed by atoms with Crippen LogP contribution in [0.1, 0.15) is 25.7 Å². The molecule has 5 heteroatoms. The first-order valence-electron chi connectivity index (χ1n) is 6.34. The number of nitrogens with one attached hydrogen (secondary N) is 1. The Bertz CT molecular complexity index is 256.